The number of hydrogen-bond donors (Lipinski definition) is 1. The van der Waals surface area contributed by atoms with E-state index in [0.29, 0.717) is 5.56 Å². The predicted molar refractivity (Wildman–Crippen MR) is 73.7 cm³/mol. The van der Waals surface area contributed by atoms with Gasteiger partial charge in [0.25, 0.3) is 0 Å². The lowest BCUT2D eigenvalue weighted by atomic mass is 10.2. The smallest absolute Gasteiger partial charge is 0.244 e. The number of hydrogen-bond acceptors (Lipinski definition) is 4. The number of nitriles is 1. The number of nitrogens with zero attached hydrogens (tertiary/aromatic N) is 2. The molecular formula is C13H15N3OS. The van der Waals surface area contributed by atoms with Crippen LogP contribution in [0.15, 0.2) is 24.3 Å². The molecule has 1 atom stereocenters. The quantitative estimate of drug-likeness (QED) is 0.870. The van der Waals surface area contributed by atoms with Crippen LogP contribution in [0.25, 0.3) is 0 Å². The molecule has 1 heterocycles. The molecule has 94 valence electrons. The summed E-state index contributed by atoms with van der Waals surface area (Å²) >= 11 is 1.79. The second kappa shape index (κ2) is 5.89. The first kappa shape index (κ1) is 12.9. The number of rotatable bonds is 2. The predicted octanol–water partition coefficient (Wildman–Crippen LogP) is 1.23. The van der Waals surface area contributed by atoms with Crippen molar-refractivity contribution >= 4 is 23.4 Å². The molecule has 1 aromatic rings. The van der Waals surface area contributed by atoms with Crippen LogP contribution in [0, 0.1) is 11.3 Å². The monoisotopic (exact) mass is 261 g/mol. The van der Waals surface area contributed by atoms with Gasteiger partial charge < -0.3 is 10.2 Å². The van der Waals surface area contributed by atoms with E-state index in [1.54, 1.807) is 41.9 Å². The standard InChI is InChI=1S/C13H15N3OS/c1-16(11-4-2-3-10(7-11)8-14)13(17)12-9-18-6-5-15-12/h2-4,7,12,15H,5-6,9H2,1H3. The zero-order valence-corrected chi connectivity index (χ0v) is 11.0. The van der Waals surface area contributed by atoms with Gasteiger partial charge in [0.2, 0.25) is 5.91 Å². The van der Waals surface area contributed by atoms with E-state index in [9.17, 15) is 4.79 Å². The molecule has 0 aromatic heterocycles. The maximum Gasteiger partial charge on any atom is 0.244 e. The van der Waals surface area contributed by atoms with Crippen molar-refractivity contribution < 1.29 is 4.79 Å². The van der Waals surface area contributed by atoms with Gasteiger partial charge in [-0.25, -0.2) is 0 Å². The van der Waals surface area contributed by atoms with E-state index in [-0.39, 0.29) is 11.9 Å². The van der Waals surface area contributed by atoms with Crippen LogP contribution in [-0.4, -0.2) is 37.0 Å². The van der Waals surface area contributed by atoms with Crippen molar-refractivity contribution in [2.75, 3.05) is 30.0 Å². The van der Waals surface area contributed by atoms with Gasteiger partial charge in [0, 0.05) is 30.8 Å². The molecule has 1 unspecified atom stereocenters. The minimum absolute atomic E-state index is 0.0530. The van der Waals surface area contributed by atoms with E-state index in [4.69, 9.17) is 5.26 Å². The molecular weight excluding hydrogens is 246 g/mol. The lowest BCUT2D eigenvalue weighted by Gasteiger charge is -2.27. The van der Waals surface area contributed by atoms with Crippen LogP contribution in [0.3, 0.4) is 0 Å². The molecule has 2 rings (SSSR count). The highest BCUT2D eigenvalue weighted by Crippen LogP contribution is 2.17. The van der Waals surface area contributed by atoms with Crippen molar-refractivity contribution in [1.82, 2.24) is 5.32 Å². The Morgan fingerprint density at radius 2 is 2.44 bits per heavy atom. The average molecular weight is 261 g/mol. The fourth-order valence-corrected chi connectivity index (χ4v) is 2.79. The van der Waals surface area contributed by atoms with Crippen molar-refractivity contribution in [1.29, 1.82) is 5.26 Å². The van der Waals surface area contributed by atoms with E-state index in [1.165, 1.54) is 0 Å². The Balaban J connectivity index is 2.12. The maximum atomic E-state index is 12.3. The molecule has 0 saturated carbocycles. The number of benzene rings is 1. The van der Waals surface area contributed by atoms with Gasteiger partial charge in [-0.3, -0.25) is 4.79 Å². The summed E-state index contributed by atoms with van der Waals surface area (Å²) in [5.74, 6) is 1.91. The Labute approximate surface area is 111 Å². The van der Waals surface area contributed by atoms with E-state index >= 15 is 0 Å². The van der Waals surface area contributed by atoms with Gasteiger partial charge in [-0.15, -0.1) is 0 Å². The van der Waals surface area contributed by atoms with Gasteiger partial charge >= 0.3 is 0 Å². The van der Waals surface area contributed by atoms with Crippen LogP contribution >= 0.6 is 11.8 Å². The fraction of sp³-hybridized carbons (Fsp3) is 0.385. The Morgan fingerprint density at radius 1 is 1.61 bits per heavy atom. The third kappa shape index (κ3) is 2.84. The summed E-state index contributed by atoms with van der Waals surface area (Å²) in [5.41, 5.74) is 1.33. The summed E-state index contributed by atoms with van der Waals surface area (Å²) in [6.45, 7) is 0.868. The molecule has 4 nitrogen and oxygen atoms in total. The van der Waals surface area contributed by atoms with Gasteiger partial charge in [-0.2, -0.15) is 17.0 Å². The fourth-order valence-electron chi connectivity index (χ4n) is 1.87. The van der Waals surface area contributed by atoms with Crippen molar-refractivity contribution in [3.63, 3.8) is 0 Å². The van der Waals surface area contributed by atoms with E-state index in [0.717, 1.165) is 23.7 Å². The molecule has 18 heavy (non-hydrogen) atoms. The molecule has 1 amide bonds. The van der Waals surface area contributed by atoms with Crippen LogP contribution < -0.4 is 10.2 Å². The van der Waals surface area contributed by atoms with Gasteiger partial charge in [-0.05, 0) is 18.2 Å². The van der Waals surface area contributed by atoms with Crippen LogP contribution in [0.4, 0.5) is 5.69 Å². The number of amides is 1. The molecule has 1 aliphatic heterocycles. The lowest BCUT2D eigenvalue weighted by molar-refractivity contribution is -0.119. The van der Waals surface area contributed by atoms with Crippen LogP contribution in [0.2, 0.25) is 0 Å². The first-order valence-corrected chi connectivity index (χ1v) is 6.96. The Kier molecular flexibility index (Phi) is 4.24. The van der Waals surface area contributed by atoms with Crippen molar-refractivity contribution in [3.05, 3.63) is 29.8 Å². The van der Waals surface area contributed by atoms with Gasteiger partial charge in [0.05, 0.1) is 17.7 Å². The molecule has 0 bridgehead atoms. The SMILES string of the molecule is CN(C(=O)C1CSCCN1)c1cccc(C#N)c1. The lowest BCUT2D eigenvalue weighted by Crippen LogP contribution is -2.49. The van der Waals surface area contributed by atoms with Gasteiger partial charge in [0.1, 0.15) is 0 Å². The Bertz CT molecular complexity index is 477. The molecule has 1 aromatic carbocycles. The maximum absolute atomic E-state index is 12.3. The number of carbonyl (C=O) groups excluding carboxylic acids is 1. The normalized spacial score (nSPS) is 19.0. The molecule has 0 spiro atoms. The second-order valence-corrected chi connectivity index (χ2v) is 5.29. The van der Waals surface area contributed by atoms with E-state index in [2.05, 4.69) is 11.4 Å². The highest BCUT2D eigenvalue weighted by molar-refractivity contribution is 7.99. The van der Waals surface area contributed by atoms with Crippen LogP contribution in [0.1, 0.15) is 5.56 Å². The summed E-state index contributed by atoms with van der Waals surface area (Å²) in [7, 11) is 1.75. The highest BCUT2D eigenvalue weighted by Gasteiger charge is 2.24. The molecule has 1 fully saturated rings. The van der Waals surface area contributed by atoms with Crippen LogP contribution in [-0.2, 0) is 4.79 Å². The Morgan fingerprint density at radius 3 is 3.11 bits per heavy atom. The second-order valence-electron chi connectivity index (χ2n) is 4.14. The number of nitrogens with one attached hydrogen (secondary N) is 1. The molecule has 1 aliphatic rings. The number of anilines is 1. The minimum atomic E-state index is -0.125. The Hall–Kier alpha value is -1.51. The molecule has 1 saturated heterocycles. The average Bonchev–Trinajstić information content (AvgIpc) is 2.46. The van der Waals surface area contributed by atoms with Crippen molar-refractivity contribution in [2.24, 2.45) is 0 Å². The third-order valence-corrected chi connectivity index (χ3v) is 3.97. The van der Waals surface area contributed by atoms with Crippen LogP contribution in [0.5, 0.6) is 0 Å². The molecule has 5 heteroatoms. The van der Waals surface area contributed by atoms with Crippen molar-refractivity contribution in [3.8, 4) is 6.07 Å². The van der Waals surface area contributed by atoms with E-state index < -0.39 is 0 Å². The van der Waals surface area contributed by atoms with Gasteiger partial charge in [0.15, 0.2) is 0 Å². The number of thioether (sulfide) groups is 1. The van der Waals surface area contributed by atoms with Crippen molar-refractivity contribution in [2.45, 2.75) is 6.04 Å². The minimum Gasteiger partial charge on any atom is -0.314 e. The summed E-state index contributed by atoms with van der Waals surface area (Å²) in [4.78, 5) is 13.9. The summed E-state index contributed by atoms with van der Waals surface area (Å²) in [6.07, 6.45) is 0. The molecule has 0 radical (unpaired) electrons. The molecule has 0 aliphatic carbocycles. The highest BCUT2D eigenvalue weighted by atomic mass is 32.2. The first-order chi connectivity index (χ1) is 8.72. The largest absolute Gasteiger partial charge is 0.314 e. The number of carbonyl (C=O) groups is 1. The summed E-state index contributed by atoms with van der Waals surface area (Å²) in [5, 5.41) is 12.1. The topological polar surface area (TPSA) is 56.1 Å². The molecule has 1 N–H and O–H groups in total. The number of likely N-dealkylation sites (N-methyl/N-ethyl adjacent to an activating group) is 1. The van der Waals surface area contributed by atoms with Gasteiger partial charge in [-0.1, -0.05) is 6.07 Å². The summed E-state index contributed by atoms with van der Waals surface area (Å²) < 4.78 is 0. The third-order valence-electron chi connectivity index (χ3n) is 2.91. The summed E-state index contributed by atoms with van der Waals surface area (Å²) in [6, 6.07) is 9.05. The zero-order valence-electron chi connectivity index (χ0n) is 10.2. The zero-order chi connectivity index (χ0) is 13.0. The first-order valence-electron chi connectivity index (χ1n) is 5.81. The van der Waals surface area contributed by atoms with E-state index in [1.807, 2.05) is 6.07 Å².